The molecule has 1 heterocycles. The van der Waals surface area contributed by atoms with Crippen LogP contribution in [0.4, 0.5) is 0 Å². The second-order valence-electron chi connectivity index (χ2n) is 11.3. The van der Waals surface area contributed by atoms with Crippen LogP contribution in [-0.4, -0.2) is 34.8 Å². The van der Waals surface area contributed by atoms with E-state index in [1.165, 1.54) is 30.4 Å². The molecule has 5 rings (SSSR count). The standard InChI is InChI=1S/C37H41ClN2O/c1-2-3-5-10-29-15-21-33(22-16-29)37(41)40(34-23-25-39(26-24-34)27-30-11-6-4-7-12-30)28-31-17-19-32(20-18-31)35-13-8-9-14-36(35)38/h4,6-9,11-22,34H,2-3,5,10,23-28H2,1H3. The second-order valence-corrected chi connectivity index (χ2v) is 11.7. The van der Waals surface area contributed by atoms with E-state index < -0.39 is 0 Å². The maximum absolute atomic E-state index is 14.0. The van der Waals surface area contributed by atoms with E-state index in [9.17, 15) is 4.79 Å². The molecule has 0 bridgehead atoms. The van der Waals surface area contributed by atoms with Gasteiger partial charge in [-0.15, -0.1) is 0 Å². The van der Waals surface area contributed by atoms with E-state index in [0.29, 0.717) is 6.54 Å². The fourth-order valence-corrected chi connectivity index (χ4v) is 6.08. The summed E-state index contributed by atoms with van der Waals surface area (Å²) in [4.78, 5) is 18.7. The highest BCUT2D eigenvalue weighted by Gasteiger charge is 2.29. The van der Waals surface area contributed by atoms with Gasteiger partial charge in [0.2, 0.25) is 0 Å². The van der Waals surface area contributed by atoms with Crippen molar-refractivity contribution in [1.29, 1.82) is 0 Å². The molecular weight excluding hydrogens is 524 g/mol. The van der Waals surface area contributed by atoms with Crippen molar-refractivity contribution in [3.8, 4) is 11.1 Å². The first kappa shape index (κ1) is 29.1. The highest BCUT2D eigenvalue weighted by atomic mass is 35.5. The van der Waals surface area contributed by atoms with Crippen molar-refractivity contribution in [3.63, 3.8) is 0 Å². The topological polar surface area (TPSA) is 23.6 Å². The molecule has 1 aliphatic heterocycles. The maximum atomic E-state index is 14.0. The number of halogens is 1. The van der Waals surface area contributed by atoms with E-state index >= 15 is 0 Å². The lowest BCUT2D eigenvalue weighted by atomic mass is 9.98. The van der Waals surface area contributed by atoms with Crippen molar-refractivity contribution in [2.45, 2.75) is 64.6 Å². The Bertz CT molecular complexity index is 1380. The van der Waals surface area contributed by atoms with Gasteiger partial charge in [-0.3, -0.25) is 9.69 Å². The van der Waals surface area contributed by atoms with Gasteiger partial charge in [-0.2, -0.15) is 0 Å². The molecule has 0 N–H and O–H groups in total. The largest absolute Gasteiger partial charge is 0.331 e. The summed E-state index contributed by atoms with van der Waals surface area (Å²) in [5.41, 5.74) is 6.69. The van der Waals surface area contributed by atoms with Gasteiger partial charge in [-0.25, -0.2) is 0 Å². The first-order chi connectivity index (χ1) is 20.1. The van der Waals surface area contributed by atoms with Gasteiger partial charge in [0.25, 0.3) is 5.91 Å². The predicted octanol–water partition coefficient (Wildman–Crippen LogP) is 9.05. The first-order valence-electron chi connectivity index (χ1n) is 15.1. The average Bonchev–Trinajstić information content (AvgIpc) is 3.02. The first-order valence-corrected chi connectivity index (χ1v) is 15.5. The molecule has 41 heavy (non-hydrogen) atoms. The molecule has 0 unspecified atom stereocenters. The van der Waals surface area contributed by atoms with Crippen molar-refractivity contribution < 1.29 is 4.79 Å². The highest BCUT2D eigenvalue weighted by molar-refractivity contribution is 6.33. The molecule has 1 fully saturated rings. The third-order valence-electron chi connectivity index (χ3n) is 8.27. The smallest absolute Gasteiger partial charge is 0.254 e. The molecule has 0 aromatic heterocycles. The predicted molar refractivity (Wildman–Crippen MR) is 171 cm³/mol. The molecule has 0 spiro atoms. The summed E-state index contributed by atoms with van der Waals surface area (Å²) < 4.78 is 0. The van der Waals surface area contributed by atoms with Crippen LogP contribution in [0.25, 0.3) is 11.1 Å². The number of hydrogen-bond donors (Lipinski definition) is 0. The van der Waals surface area contributed by atoms with Crippen molar-refractivity contribution >= 4 is 17.5 Å². The molecule has 1 amide bonds. The van der Waals surface area contributed by atoms with Crippen LogP contribution in [0.3, 0.4) is 0 Å². The van der Waals surface area contributed by atoms with Crippen molar-refractivity contribution in [3.05, 3.63) is 130 Å². The van der Waals surface area contributed by atoms with Crippen LogP contribution >= 0.6 is 11.6 Å². The summed E-state index contributed by atoms with van der Waals surface area (Å²) in [6, 6.07) is 35.7. The molecule has 0 atom stereocenters. The van der Waals surface area contributed by atoms with E-state index in [-0.39, 0.29) is 11.9 Å². The van der Waals surface area contributed by atoms with Crippen molar-refractivity contribution in [2.24, 2.45) is 0 Å². The number of carbonyl (C=O) groups excluding carboxylic acids is 1. The number of nitrogens with zero attached hydrogens (tertiary/aromatic N) is 2. The maximum Gasteiger partial charge on any atom is 0.254 e. The normalized spacial score (nSPS) is 14.2. The highest BCUT2D eigenvalue weighted by Crippen LogP contribution is 2.29. The number of rotatable bonds is 11. The zero-order valence-corrected chi connectivity index (χ0v) is 24.9. The van der Waals surface area contributed by atoms with E-state index in [2.05, 4.69) is 83.5 Å². The molecule has 0 radical (unpaired) electrons. The Labute approximate surface area is 250 Å². The molecule has 0 aliphatic carbocycles. The Hall–Kier alpha value is -3.40. The molecule has 4 aromatic carbocycles. The van der Waals surface area contributed by atoms with Crippen LogP contribution < -0.4 is 0 Å². The number of likely N-dealkylation sites (tertiary alicyclic amines) is 1. The quantitative estimate of drug-likeness (QED) is 0.170. The molecule has 4 heteroatoms. The van der Waals surface area contributed by atoms with E-state index in [1.54, 1.807) is 0 Å². The van der Waals surface area contributed by atoms with Gasteiger partial charge in [-0.05, 0) is 66.1 Å². The zero-order chi connectivity index (χ0) is 28.4. The monoisotopic (exact) mass is 564 g/mol. The Morgan fingerprint density at radius 2 is 1.44 bits per heavy atom. The summed E-state index contributed by atoms with van der Waals surface area (Å²) in [6.45, 7) is 5.77. The number of unbranched alkanes of at least 4 members (excludes halogenated alkanes) is 2. The minimum absolute atomic E-state index is 0.127. The van der Waals surface area contributed by atoms with Crippen LogP contribution in [0, 0.1) is 0 Å². The summed E-state index contributed by atoms with van der Waals surface area (Å²) in [6.07, 6.45) is 6.68. The van der Waals surface area contributed by atoms with E-state index in [0.717, 1.165) is 66.2 Å². The van der Waals surface area contributed by atoms with Crippen LogP contribution in [0.15, 0.2) is 103 Å². The van der Waals surface area contributed by atoms with Gasteiger partial charge in [-0.1, -0.05) is 116 Å². The lowest BCUT2D eigenvalue weighted by Gasteiger charge is -2.39. The van der Waals surface area contributed by atoms with Crippen LogP contribution in [0.1, 0.15) is 66.1 Å². The molecule has 1 saturated heterocycles. The molecule has 0 saturated carbocycles. The van der Waals surface area contributed by atoms with Gasteiger partial charge in [0.05, 0.1) is 0 Å². The molecule has 3 nitrogen and oxygen atoms in total. The lowest BCUT2D eigenvalue weighted by Crippen LogP contribution is -2.46. The number of piperidine rings is 1. The Balaban J connectivity index is 1.31. The van der Waals surface area contributed by atoms with Gasteiger partial charge in [0, 0.05) is 48.4 Å². The van der Waals surface area contributed by atoms with Crippen molar-refractivity contribution in [2.75, 3.05) is 13.1 Å². The van der Waals surface area contributed by atoms with Crippen LogP contribution in [0.2, 0.25) is 5.02 Å². The second kappa shape index (κ2) is 14.5. The molecular formula is C37H41ClN2O. The fourth-order valence-electron chi connectivity index (χ4n) is 5.84. The van der Waals surface area contributed by atoms with Gasteiger partial charge < -0.3 is 4.90 Å². The Morgan fingerprint density at radius 3 is 2.12 bits per heavy atom. The van der Waals surface area contributed by atoms with Gasteiger partial charge in [0.1, 0.15) is 0 Å². The minimum Gasteiger partial charge on any atom is -0.331 e. The third-order valence-corrected chi connectivity index (χ3v) is 8.60. The van der Waals surface area contributed by atoms with Crippen LogP contribution in [0.5, 0.6) is 0 Å². The zero-order valence-electron chi connectivity index (χ0n) is 24.1. The third kappa shape index (κ3) is 7.87. The summed E-state index contributed by atoms with van der Waals surface area (Å²) in [5.74, 6) is 0.127. The van der Waals surface area contributed by atoms with E-state index in [4.69, 9.17) is 11.6 Å². The summed E-state index contributed by atoms with van der Waals surface area (Å²) in [5, 5.41) is 0.748. The molecule has 1 aliphatic rings. The number of aryl methyl sites for hydroxylation is 1. The number of benzene rings is 4. The Morgan fingerprint density at radius 1 is 0.780 bits per heavy atom. The lowest BCUT2D eigenvalue weighted by molar-refractivity contribution is 0.0543. The Kier molecular flexibility index (Phi) is 10.3. The van der Waals surface area contributed by atoms with Gasteiger partial charge >= 0.3 is 0 Å². The summed E-state index contributed by atoms with van der Waals surface area (Å²) in [7, 11) is 0. The van der Waals surface area contributed by atoms with Gasteiger partial charge in [0.15, 0.2) is 0 Å². The molecule has 212 valence electrons. The van der Waals surface area contributed by atoms with Crippen LogP contribution in [-0.2, 0) is 19.5 Å². The summed E-state index contributed by atoms with van der Waals surface area (Å²) >= 11 is 6.45. The SMILES string of the molecule is CCCCCc1ccc(C(=O)N(Cc2ccc(-c3ccccc3Cl)cc2)C2CCN(Cc3ccccc3)CC2)cc1. The average molecular weight is 565 g/mol. The molecule has 4 aromatic rings. The minimum atomic E-state index is 0.127. The number of hydrogen-bond acceptors (Lipinski definition) is 2. The number of amides is 1. The number of carbonyl (C=O) groups is 1. The van der Waals surface area contributed by atoms with E-state index in [1.807, 2.05) is 36.4 Å². The van der Waals surface area contributed by atoms with Crippen molar-refractivity contribution in [1.82, 2.24) is 9.80 Å². The fraction of sp³-hybridized carbons (Fsp3) is 0.324.